The number of pyridine rings is 1. The molecule has 0 aliphatic carbocycles. The van der Waals surface area contributed by atoms with Crippen LogP contribution in [0.25, 0.3) is 10.6 Å². The van der Waals surface area contributed by atoms with Crippen molar-refractivity contribution in [3.05, 3.63) is 30.0 Å². The summed E-state index contributed by atoms with van der Waals surface area (Å²) in [5.74, 6) is -0.446. The van der Waals surface area contributed by atoms with E-state index in [1.807, 2.05) is 27.7 Å². The van der Waals surface area contributed by atoms with Gasteiger partial charge in [-0.1, -0.05) is 32.1 Å². The Morgan fingerprint density at radius 2 is 2.14 bits per heavy atom. The van der Waals surface area contributed by atoms with Crippen LogP contribution in [0.15, 0.2) is 18.5 Å². The summed E-state index contributed by atoms with van der Waals surface area (Å²) >= 11 is 1.33. The van der Waals surface area contributed by atoms with Gasteiger partial charge in [-0.25, -0.2) is 9.37 Å². The minimum Gasteiger partial charge on any atom is -0.316 e. The molecule has 0 aliphatic heterocycles. The molecule has 2 rings (SSSR count). The summed E-state index contributed by atoms with van der Waals surface area (Å²) in [5, 5.41) is 4.25. The van der Waals surface area contributed by atoms with Crippen LogP contribution in [-0.2, 0) is 4.79 Å². The van der Waals surface area contributed by atoms with Crippen molar-refractivity contribution in [2.24, 2.45) is 5.41 Å². The van der Waals surface area contributed by atoms with Crippen molar-refractivity contribution in [3.8, 4) is 10.6 Å². The highest BCUT2D eigenvalue weighted by molar-refractivity contribution is 7.19. The Hall–Kier alpha value is -1.82. The number of halogens is 1. The number of anilines is 1. The first-order chi connectivity index (χ1) is 9.83. The zero-order valence-electron chi connectivity index (χ0n) is 12.5. The third-order valence-corrected chi connectivity index (χ3v) is 4.60. The monoisotopic (exact) mass is 307 g/mol. The van der Waals surface area contributed by atoms with Gasteiger partial charge in [0.25, 0.3) is 0 Å². The number of aromatic nitrogens is 2. The van der Waals surface area contributed by atoms with Gasteiger partial charge in [-0.3, -0.25) is 9.78 Å². The summed E-state index contributed by atoms with van der Waals surface area (Å²) in [6, 6.07) is 1.38. The average Bonchev–Trinajstić information content (AvgIpc) is 2.80. The number of nitrogens with zero attached hydrogens (tertiary/aromatic N) is 2. The van der Waals surface area contributed by atoms with Crippen molar-refractivity contribution in [3.63, 3.8) is 0 Å². The Kier molecular flexibility index (Phi) is 4.37. The van der Waals surface area contributed by atoms with Crippen molar-refractivity contribution in [2.45, 2.75) is 34.1 Å². The quantitative estimate of drug-likeness (QED) is 0.928. The second-order valence-electron chi connectivity index (χ2n) is 5.52. The van der Waals surface area contributed by atoms with Gasteiger partial charge in [-0.15, -0.1) is 0 Å². The van der Waals surface area contributed by atoms with E-state index in [0.717, 1.165) is 18.3 Å². The number of aryl methyl sites for hydroxylation is 1. The van der Waals surface area contributed by atoms with Crippen LogP contribution in [0.4, 0.5) is 9.39 Å². The molecule has 4 nitrogen and oxygen atoms in total. The van der Waals surface area contributed by atoms with E-state index in [1.165, 1.54) is 17.4 Å². The van der Waals surface area contributed by atoms with Crippen LogP contribution in [0.3, 0.4) is 0 Å². The number of carbonyl (C=O) groups is 1. The van der Waals surface area contributed by atoms with Crippen LogP contribution < -0.4 is 5.32 Å². The molecule has 0 atom stereocenters. The van der Waals surface area contributed by atoms with Gasteiger partial charge in [0.1, 0.15) is 15.8 Å². The van der Waals surface area contributed by atoms with Gasteiger partial charge < -0.3 is 5.32 Å². The lowest BCUT2D eigenvalue weighted by Gasteiger charge is -2.20. The molecule has 0 unspecified atom stereocenters. The van der Waals surface area contributed by atoms with E-state index in [-0.39, 0.29) is 5.91 Å². The van der Waals surface area contributed by atoms with Crippen molar-refractivity contribution in [1.29, 1.82) is 0 Å². The normalized spacial score (nSPS) is 11.5. The zero-order valence-corrected chi connectivity index (χ0v) is 13.3. The minimum absolute atomic E-state index is 0.0410. The number of rotatable bonds is 4. The van der Waals surface area contributed by atoms with Gasteiger partial charge in [0.15, 0.2) is 0 Å². The SMILES string of the molecule is CCC(C)(C)C(=O)Nc1sc(-c2cncc(F)c2)nc1C. The number of carbonyl (C=O) groups excluding carboxylic acids is 1. The molecule has 0 aromatic carbocycles. The van der Waals surface area contributed by atoms with E-state index in [9.17, 15) is 9.18 Å². The molecule has 0 radical (unpaired) electrons. The molecule has 0 saturated carbocycles. The fourth-order valence-electron chi connectivity index (χ4n) is 1.60. The smallest absolute Gasteiger partial charge is 0.230 e. The third kappa shape index (κ3) is 3.44. The number of thiazole rings is 1. The van der Waals surface area contributed by atoms with Crippen molar-refractivity contribution in [1.82, 2.24) is 9.97 Å². The highest BCUT2D eigenvalue weighted by Crippen LogP contribution is 2.33. The molecule has 2 heterocycles. The molecule has 2 aromatic heterocycles. The second-order valence-corrected chi connectivity index (χ2v) is 6.52. The maximum Gasteiger partial charge on any atom is 0.230 e. The Labute approximate surface area is 127 Å². The van der Waals surface area contributed by atoms with E-state index < -0.39 is 11.2 Å². The summed E-state index contributed by atoms with van der Waals surface area (Å²) in [4.78, 5) is 20.4. The Morgan fingerprint density at radius 1 is 1.43 bits per heavy atom. The number of nitrogens with one attached hydrogen (secondary N) is 1. The van der Waals surface area contributed by atoms with Gasteiger partial charge in [0.2, 0.25) is 5.91 Å². The molecule has 1 N–H and O–H groups in total. The summed E-state index contributed by atoms with van der Waals surface area (Å²) in [7, 11) is 0. The predicted octanol–water partition coefficient (Wildman–Crippen LogP) is 4.03. The summed E-state index contributed by atoms with van der Waals surface area (Å²) in [5.41, 5.74) is 0.898. The van der Waals surface area contributed by atoms with Gasteiger partial charge in [-0.2, -0.15) is 0 Å². The fourth-order valence-corrected chi connectivity index (χ4v) is 2.54. The van der Waals surface area contributed by atoms with Gasteiger partial charge in [0.05, 0.1) is 11.9 Å². The third-order valence-electron chi connectivity index (χ3n) is 3.47. The average molecular weight is 307 g/mol. The van der Waals surface area contributed by atoms with E-state index in [2.05, 4.69) is 15.3 Å². The van der Waals surface area contributed by atoms with Crippen LogP contribution in [0.1, 0.15) is 32.9 Å². The molecule has 1 amide bonds. The standard InChI is InChI=1S/C15H18FN3OS/c1-5-15(3,4)14(20)19-12-9(2)18-13(21-12)10-6-11(16)8-17-7-10/h6-8H,5H2,1-4H3,(H,19,20). The molecule has 21 heavy (non-hydrogen) atoms. The van der Waals surface area contributed by atoms with Crippen LogP contribution in [0.2, 0.25) is 0 Å². The van der Waals surface area contributed by atoms with Crippen molar-refractivity contribution >= 4 is 22.2 Å². The number of hydrogen-bond acceptors (Lipinski definition) is 4. The fraction of sp³-hybridized carbons (Fsp3) is 0.400. The Morgan fingerprint density at radius 3 is 2.76 bits per heavy atom. The summed E-state index contributed by atoms with van der Waals surface area (Å²) < 4.78 is 13.2. The first-order valence-corrected chi connectivity index (χ1v) is 7.55. The lowest BCUT2D eigenvalue weighted by Crippen LogP contribution is -2.29. The molecule has 0 spiro atoms. The predicted molar refractivity (Wildman–Crippen MR) is 82.7 cm³/mol. The molecule has 6 heteroatoms. The highest BCUT2D eigenvalue weighted by atomic mass is 32.1. The molecule has 112 valence electrons. The van der Waals surface area contributed by atoms with Crippen molar-refractivity contribution < 1.29 is 9.18 Å². The maximum absolute atomic E-state index is 13.2. The van der Waals surface area contributed by atoms with E-state index >= 15 is 0 Å². The highest BCUT2D eigenvalue weighted by Gasteiger charge is 2.26. The molecule has 0 fully saturated rings. The van der Waals surface area contributed by atoms with Crippen LogP contribution in [0, 0.1) is 18.2 Å². The molecule has 0 saturated heterocycles. The molecule has 0 bridgehead atoms. The zero-order chi connectivity index (χ0) is 15.6. The van der Waals surface area contributed by atoms with E-state index in [0.29, 0.717) is 15.6 Å². The van der Waals surface area contributed by atoms with Crippen LogP contribution in [-0.4, -0.2) is 15.9 Å². The number of hydrogen-bond donors (Lipinski definition) is 1. The largest absolute Gasteiger partial charge is 0.316 e. The van der Waals surface area contributed by atoms with Gasteiger partial charge in [0, 0.05) is 17.2 Å². The Bertz CT molecular complexity index is 667. The van der Waals surface area contributed by atoms with Gasteiger partial charge in [-0.05, 0) is 19.4 Å². The minimum atomic E-state index is -0.434. The maximum atomic E-state index is 13.2. The lowest BCUT2D eigenvalue weighted by molar-refractivity contribution is -0.124. The first-order valence-electron chi connectivity index (χ1n) is 6.73. The van der Waals surface area contributed by atoms with Crippen molar-refractivity contribution in [2.75, 3.05) is 5.32 Å². The van der Waals surface area contributed by atoms with Crippen LogP contribution in [0.5, 0.6) is 0 Å². The van der Waals surface area contributed by atoms with Gasteiger partial charge >= 0.3 is 0 Å². The van der Waals surface area contributed by atoms with E-state index in [1.54, 1.807) is 6.20 Å². The molecular weight excluding hydrogens is 289 g/mol. The summed E-state index contributed by atoms with van der Waals surface area (Å²) in [6.45, 7) is 7.59. The topological polar surface area (TPSA) is 54.9 Å². The molecule has 0 aliphatic rings. The second kappa shape index (κ2) is 5.89. The molecular formula is C15H18FN3OS. The first kappa shape index (κ1) is 15.6. The summed E-state index contributed by atoms with van der Waals surface area (Å²) in [6.07, 6.45) is 3.46. The lowest BCUT2D eigenvalue weighted by atomic mass is 9.89. The molecule has 2 aromatic rings. The van der Waals surface area contributed by atoms with Crippen LogP contribution >= 0.6 is 11.3 Å². The number of amides is 1. The van der Waals surface area contributed by atoms with E-state index in [4.69, 9.17) is 0 Å². The Balaban J connectivity index is 2.26.